The van der Waals surface area contributed by atoms with Crippen LogP contribution in [0.4, 0.5) is 4.39 Å². The van der Waals surface area contributed by atoms with Gasteiger partial charge in [0.1, 0.15) is 23.8 Å². The van der Waals surface area contributed by atoms with Crippen LogP contribution < -0.4 is 4.74 Å². The van der Waals surface area contributed by atoms with Crippen molar-refractivity contribution >= 4 is 5.91 Å². The van der Waals surface area contributed by atoms with Crippen LogP contribution in [0.2, 0.25) is 0 Å². The van der Waals surface area contributed by atoms with E-state index in [1.165, 1.54) is 17.7 Å². The Morgan fingerprint density at radius 2 is 1.86 bits per heavy atom. The first-order valence-corrected chi connectivity index (χ1v) is 10.3. The maximum absolute atomic E-state index is 13.0. The van der Waals surface area contributed by atoms with E-state index < -0.39 is 5.60 Å². The molecule has 29 heavy (non-hydrogen) atoms. The highest BCUT2D eigenvalue weighted by Gasteiger charge is 2.32. The monoisotopic (exact) mass is 399 g/mol. The molecule has 1 aliphatic heterocycles. The van der Waals surface area contributed by atoms with Gasteiger partial charge in [0.25, 0.3) is 0 Å². The number of hydrogen-bond acceptors (Lipinski definition) is 3. The molecular formula is C24H30FNO3. The molecule has 1 saturated heterocycles. The molecule has 4 nitrogen and oxygen atoms in total. The molecule has 2 aromatic carbocycles. The summed E-state index contributed by atoms with van der Waals surface area (Å²) in [5, 5.41) is 11.0. The van der Waals surface area contributed by atoms with Gasteiger partial charge < -0.3 is 14.7 Å². The molecular weight excluding hydrogens is 369 g/mol. The standard InChI is InChI=1S/C24H30FNO3/c1-18-4-10-22(16-19(18)2)29-17-24(28)12-3-14-26(15-13-24)23(27)11-7-20-5-8-21(25)9-6-20/h4-6,8-10,16,28H,3,7,11-15,17H2,1-2H3. The summed E-state index contributed by atoms with van der Waals surface area (Å²) in [6.07, 6.45) is 2.84. The van der Waals surface area contributed by atoms with E-state index in [2.05, 4.69) is 6.92 Å². The Bertz CT molecular complexity index is 837. The Hall–Kier alpha value is -2.40. The van der Waals surface area contributed by atoms with Crippen molar-refractivity contribution in [2.24, 2.45) is 0 Å². The summed E-state index contributed by atoms with van der Waals surface area (Å²) < 4.78 is 18.9. The lowest BCUT2D eigenvalue weighted by molar-refractivity contribution is -0.131. The molecule has 1 N–H and O–H groups in total. The van der Waals surface area contributed by atoms with Crippen molar-refractivity contribution in [1.82, 2.24) is 4.90 Å². The number of likely N-dealkylation sites (tertiary alicyclic amines) is 1. The van der Waals surface area contributed by atoms with E-state index in [1.807, 2.05) is 30.0 Å². The number of nitrogens with zero attached hydrogens (tertiary/aromatic N) is 1. The zero-order chi connectivity index (χ0) is 20.9. The normalized spacial score (nSPS) is 19.7. The van der Waals surface area contributed by atoms with E-state index in [0.717, 1.165) is 23.3 Å². The largest absolute Gasteiger partial charge is 0.491 e. The van der Waals surface area contributed by atoms with E-state index in [0.29, 0.717) is 38.8 Å². The first-order valence-electron chi connectivity index (χ1n) is 10.3. The van der Waals surface area contributed by atoms with Crippen LogP contribution >= 0.6 is 0 Å². The number of carbonyl (C=O) groups excluding carboxylic acids is 1. The van der Waals surface area contributed by atoms with Gasteiger partial charge >= 0.3 is 0 Å². The quantitative estimate of drug-likeness (QED) is 0.792. The number of hydrogen-bond donors (Lipinski definition) is 1. The van der Waals surface area contributed by atoms with Crippen LogP contribution in [0.15, 0.2) is 42.5 Å². The van der Waals surface area contributed by atoms with Crippen LogP contribution in [0.25, 0.3) is 0 Å². The molecule has 0 bridgehead atoms. The predicted octanol–water partition coefficient (Wildman–Crippen LogP) is 4.20. The molecule has 1 atom stereocenters. The minimum Gasteiger partial charge on any atom is -0.491 e. The van der Waals surface area contributed by atoms with Crippen LogP contribution in [-0.2, 0) is 11.2 Å². The summed E-state index contributed by atoms with van der Waals surface area (Å²) >= 11 is 0. The average molecular weight is 400 g/mol. The second kappa shape index (κ2) is 9.40. The van der Waals surface area contributed by atoms with Crippen molar-refractivity contribution in [1.29, 1.82) is 0 Å². The molecule has 156 valence electrons. The number of aryl methyl sites for hydroxylation is 3. The zero-order valence-electron chi connectivity index (χ0n) is 17.3. The molecule has 0 aromatic heterocycles. The molecule has 3 rings (SSSR count). The molecule has 1 amide bonds. The first kappa shape index (κ1) is 21.3. The van der Waals surface area contributed by atoms with Gasteiger partial charge in [0.15, 0.2) is 0 Å². The summed E-state index contributed by atoms with van der Waals surface area (Å²) in [4.78, 5) is 14.4. The topological polar surface area (TPSA) is 49.8 Å². The highest BCUT2D eigenvalue weighted by atomic mass is 19.1. The van der Waals surface area contributed by atoms with Crippen molar-refractivity contribution in [2.45, 2.75) is 51.6 Å². The van der Waals surface area contributed by atoms with Crippen molar-refractivity contribution in [3.05, 3.63) is 65.0 Å². The van der Waals surface area contributed by atoms with E-state index in [9.17, 15) is 14.3 Å². The number of carbonyl (C=O) groups is 1. The second-order valence-corrected chi connectivity index (χ2v) is 8.12. The Morgan fingerprint density at radius 1 is 1.10 bits per heavy atom. The van der Waals surface area contributed by atoms with Crippen LogP contribution in [0.5, 0.6) is 5.75 Å². The van der Waals surface area contributed by atoms with Crippen LogP contribution in [0, 0.1) is 19.7 Å². The molecule has 1 heterocycles. The third-order valence-corrected chi connectivity index (χ3v) is 5.80. The van der Waals surface area contributed by atoms with E-state index >= 15 is 0 Å². The lowest BCUT2D eigenvalue weighted by Gasteiger charge is -2.27. The molecule has 0 saturated carbocycles. The Kier molecular flexibility index (Phi) is 6.91. The Labute approximate surface area is 172 Å². The SMILES string of the molecule is Cc1ccc(OCC2(O)CCCN(C(=O)CCc3ccc(F)cc3)CC2)cc1C. The third-order valence-electron chi connectivity index (χ3n) is 5.80. The van der Waals surface area contributed by atoms with Crippen LogP contribution in [0.1, 0.15) is 42.4 Å². The number of ether oxygens (including phenoxy) is 1. The van der Waals surface area contributed by atoms with E-state index in [-0.39, 0.29) is 18.3 Å². The molecule has 1 fully saturated rings. The molecule has 0 aliphatic carbocycles. The number of aliphatic hydroxyl groups is 1. The van der Waals surface area contributed by atoms with Gasteiger partial charge in [0.2, 0.25) is 5.91 Å². The zero-order valence-corrected chi connectivity index (χ0v) is 17.3. The van der Waals surface area contributed by atoms with Crippen LogP contribution in [-0.4, -0.2) is 41.2 Å². The van der Waals surface area contributed by atoms with Crippen molar-refractivity contribution in [3.63, 3.8) is 0 Å². The molecule has 0 spiro atoms. The highest BCUT2D eigenvalue weighted by Crippen LogP contribution is 2.25. The summed E-state index contributed by atoms with van der Waals surface area (Å²) in [5.41, 5.74) is 2.39. The summed E-state index contributed by atoms with van der Waals surface area (Å²) in [5.74, 6) is 0.571. The van der Waals surface area contributed by atoms with Crippen molar-refractivity contribution in [2.75, 3.05) is 19.7 Å². The number of halogens is 1. The number of benzene rings is 2. The highest BCUT2D eigenvalue weighted by molar-refractivity contribution is 5.76. The Balaban J connectivity index is 1.49. The van der Waals surface area contributed by atoms with Gasteiger partial charge in [-0.05, 0) is 80.5 Å². The smallest absolute Gasteiger partial charge is 0.222 e. The molecule has 0 radical (unpaired) electrons. The van der Waals surface area contributed by atoms with Gasteiger partial charge in [-0.2, -0.15) is 0 Å². The van der Waals surface area contributed by atoms with Gasteiger partial charge in [-0.25, -0.2) is 4.39 Å². The minimum atomic E-state index is -0.926. The molecule has 1 aliphatic rings. The third kappa shape index (κ3) is 6.04. The maximum atomic E-state index is 13.0. The first-order chi connectivity index (χ1) is 13.8. The van der Waals surface area contributed by atoms with Gasteiger partial charge in [0.05, 0.1) is 0 Å². The fraction of sp³-hybridized carbons (Fsp3) is 0.458. The Morgan fingerprint density at radius 3 is 2.59 bits per heavy atom. The maximum Gasteiger partial charge on any atom is 0.222 e. The summed E-state index contributed by atoms with van der Waals surface area (Å²) in [6, 6.07) is 12.2. The summed E-state index contributed by atoms with van der Waals surface area (Å²) in [6.45, 7) is 5.49. The lowest BCUT2D eigenvalue weighted by atomic mass is 9.96. The van der Waals surface area contributed by atoms with Crippen LogP contribution in [0.3, 0.4) is 0 Å². The van der Waals surface area contributed by atoms with Gasteiger partial charge in [-0.15, -0.1) is 0 Å². The van der Waals surface area contributed by atoms with Crippen molar-refractivity contribution < 1.29 is 19.0 Å². The minimum absolute atomic E-state index is 0.0775. The second-order valence-electron chi connectivity index (χ2n) is 8.12. The average Bonchev–Trinajstić information content (AvgIpc) is 2.90. The van der Waals surface area contributed by atoms with E-state index in [1.54, 1.807) is 12.1 Å². The summed E-state index contributed by atoms with van der Waals surface area (Å²) in [7, 11) is 0. The number of rotatable bonds is 6. The fourth-order valence-corrected chi connectivity index (χ4v) is 3.65. The molecule has 5 heteroatoms. The predicted molar refractivity (Wildman–Crippen MR) is 112 cm³/mol. The van der Waals surface area contributed by atoms with Gasteiger partial charge in [-0.1, -0.05) is 18.2 Å². The number of amides is 1. The van der Waals surface area contributed by atoms with Gasteiger partial charge in [-0.3, -0.25) is 4.79 Å². The lowest BCUT2D eigenvalue weighted by Crippen LogP contribution is -2.38. The van der Waals surface area contributed by atoms with Crippen molar-refractivity contribution in [3.8, 4) is 5.75 Å². The van der Waals surface area contributed by atoms with Gasteiger partial charge in [0, 0.05) is 19.5 Å². The van der Waals surface area contributed by atoms with E-state index in [4.69, 9.17) is 4.74 Å². The molecule has 1 unspecified atom stereocenters. The fourth-order valence-electron chi connectivity index (χ4n) is 3.65. The molecule has 2 aromatic rings.